The molecule has 1 saturated carbocycles. The third-order valence-corrected chi connectivity index (χ3v) is 9.11. The molecule has 1 aromatic heterocycles. The smallest absolute Gasteiger partial charge is 0.228 e. The first kappa shape index (κ1) is 19.9. The molecule has 31 heavy (non-hydrogen) atoms. The van der Waals surface area contributed by atoms with Gasteiger partial charge in [-0.1, -0.05) is 15.9 Å². The minimum atomic E-state index is -1.07. The van der Waals surface area contributed by atoms with Gasteiger partial charge in [0.2, 0.25) is 5.95 Å². The van der Waals surface area contributed by atoms with Crippen LogP contribution in [0.3, 0.4) is 0 Å². The van der Waals surface area contributed by atoms with Crippen LogP contribution >= 0.6 is 15.9 Å². The van der Waals surface area contributed by atoms with E-state index in [1.54, 1.807) is 0 Å². The lowest BCUT2D eigenvalue weighted by atomic mass is 10.1. The van der Waals surface area contributed by atoms with Gasteiger partial charge in [0.25, 0.3) is 0 Å². The number of piperazine rings is 1. The Morgan fingerprint density at radius 3 is 2.52 bits per heavy atom. The second-order valence-electron chi connectivity index (χ2n) is 9.18. The molecular formula is C22H26BrN5O2S. The molecule has 164 valence electrons. The SMILES string of the molecule is O=[S@@]1CCc2nc(N3C4CCC3CN(c3ccc(Br)cc3)C4)nc(NC3(CO)CC3)c21. The molecule has 2 saturated heterocycles. The third kappa shape index (κ3) is 3.45. The molecule has 0 amide bonds. The van der Waals surface area contributed by atoms with Crippen LogP contribution in [-0.2, 0) is 17.2 Å². The van der Waals surface area contributed by atoms with Crippen molar-refractivity contribution in [2.24, 2.45) is 0 Å². The summed E-state index contributed by atoms with van der Waals surface area (Å²) in [6.07, 6.45) is 4.83. The zero-order valence-electron chi connectivity index (χ0n) is 17.3. The van der Waals surface area contributed by atoms with Crippen LogP contribution in [-0.4, -0.2) is 62.4 Å². The van der Waals surface area contributed by atoms with Crippen molar-refractivity contribution in [2.45, 2.75) is 54.6 Å². The number of nitrogens with one attached hydrogen (secondary N) is 1. The minimum absolute atomic E-state index is 0.0743. The number of nitrogens with zero attached hydrogens (tertiary/aromatic N) is 4. The van der Waals surface area contributed by atoms with Gasteiger partial charge in [-0.15, -0.1) is 0 Å². The van der Waals surface area contributed by atoms with E-state index in [1.807, 2.05) is 0 Å². The molecule has 4 heterocycles. The molecule has 3 aliphatic heterocycles. The van der Waals surface area contributed by atoms with Gasteiger partial charge in [-0.3, -0.25) is 4.21 Å². The molecule has 1 aliphatic carbocycles. The average molecular weight is 504 g/mol. The van der Waals surface area contributed by atoms with Crippen molar-refractivity contribution < 1.29 is 9.32 Å². The maximum atomic E-state index is 12.6. The first-order chi connectivity index (χ1) is 15.0. The zero-order chi connectivity index (χ0) is 21.2. The van der Waals surface area contributed by atoms with Crippen LogP contribution in [0.5, 0.6) is 0 Å². The predicted molar refractivity (Wildman–Crippen MR) is 125 cm³/mol. The number of hydrogen-bond donors (Lipinski definition) is 2. The average Bonchev–Trinajstić information content (AvgIpc) is 3.37. The number of aromatic nitrogens is 2. The fraction of sp³-hybridized carbons (Fsp3) is 0.545. The lowest BCUT2D eigenvalue weighted by Gasteiger charge is -2.42. The van der Waals surface area contributed by atoms with Crippen molar-refractivity contribution in [1.82, 2.24) is 9.97 Å². The summed E-state index contributed by atoms with van der Waals surface area (Å²) in [6.45, 7) is 1.98. The van der Waals surface area contributed by atoms with Crippen molar-refractivity contribution in [3.63, 3.8) is 0 Å². The number of aryl methyl sites for hydroxylation is 1. The highest BCUT2D eigenvalue weighted by molar-refractivity contribution is 9.10. The van der Waals surface area contributed by atoms with Crippen LogP contribution in [0.25, 0.3) is 0 Å². The van der Waals surface area contributed by atoms with Crippen LogP contribution in [0.2, 0.25) is 0 Å². The van der Waals surface area contributed by atoms with Crippen LogP contribution in [0.15, 0.2) is 33.6 Å². The van der Waals surface area contributed by atoms with E-state index < -0.39 is 10.8 Å². The first-order valence-corrected chi connectivity index (χ1v) is 13.1. The Morgan fingerprint density at radius 1 is 1.16 bits per heavy atom. The van der Waals surface area contributed by atoms with Gasteiger partial charge in [0.1, 0.15) is 10.7 Å². The molecule has 7 nitrogen and oxygen atoms in total. The van der Waals surface area contributed by atoms with E-state index in [9.17, 15) is 9.32 Å². The number of hydrogen-bond acceptors (Lipinski definition) is 7. The van der Waals surface area contributed by atoms with Crippen LogP contribution in [0.1, 0.15) is 31.4 Å². The molecule has 2 aromatic rings. The Balaban J connectivity index is 1.31. The maximum Gasteiger partial charge on any atom is 0.228 e. The summed E-state index contributed by atoms with van der Waals surface area (Å²) in [4.78, 5) is 15.5. The highest BCUT2D eigenvalue weighted by Gasteiger charge is 2.45. The van der Waals surface area contributed by atoms with Gasteiger partial charge in [-0.25, -0.2) is 4.98 Å². The highest BCUT2D eigenvalue weighted by atomic mass is 79.9. The second-order valence-corrected chi connectivity index (χ2v) is 11.6. The van der Waals surface area contributed by atoms with Gasteiger partial charge in [0.05, 0.1) is 28.6 Å². The molecular weight excluding hydrogens is 478 g/mol. The van der Waals surface area contributed by atoms with E-state index in [1.165, 1.54) is 5.69 Å². The van der Waals surface area contributed by atoms with Crippen molar-refractivity contribution in [1.29, 1.82) is 0 Å². The van der Waals surface area contributed by atoms with Gasteiger partial charge < -0.3 is 20.2 Å². The third-order valence-electron chi connectivity index (χ3n) is 7.12. The number of benzene rings is 1. The van der Waals surface area contributed by atoms with Gasteiger partial charge in [-0.05, 0) is 49.9 Å². The second kappa shape index (κ2) is 7.42. The summed E-state index contributed by atoms with van der Waals surface area (Å²) in [7, 11) is -1.07. The summed E-state index contributed by atoms with van der Waals surface area (Å²) in [5.74, 6) is 2.05. The molecule has 2 bridgehead atoms. The van der Waals surface area contributed by atoms with Gasteiger partial charge in [0.15, 0.2) is 0 Å². The number of aliphatic hydroxyl groups is 1. The van der Waals surface area contributed by atoms with Gasteiger partial charge in [-0.2, -0.15) is 4.98 Å². The number of halogens is 1. The number of aliphatic hydroxyl groups excluding tert-OH is 1. The summed E-state index contributed by atoms with van der Waals surface area (Å²) in [6, 6.07) is 9.28. The Hall–Kier alpha value is -1.71. The van der Waals surface area contributed by atoms with Crippen molar-refractivity contribution in [3.8, 4) is 0 Å². The molecule has 1 aromatic carbocycles. The van der Waals surface area contributed by atoms with E-state index >= 15 is 0 Å². The summed E-state index contributed by atoms with van der Waals surface area (Å²) in [5, 5.41) is 13.2. The van der Waals surface area contributed by atoms with Gasteiger partial charge in [0, 0.05) is 47.5 Å². The van der Waals surface area contributed by atoms with Crippen molar-refractivity contribution in [2.75, 3.05) is 40.6 Å². The summed E-state index contributed by atoms with van der Waals surface area (Å²) < 4.78 is 13.7. The Morgan fingerprint density at radius 2 is 1.87 bits per heavy atom. The summed E-state index contributed by atoms with van der Waals surface area (Å²) >= 11 is 3.52. The van der Waals surface area contributed by atoms with Crippen molar-refractivity contribution in [3.05, 3.63) is 34.4 Å². The largest absolute Gasteiger partial charge is 0.394 e. The zero-order valence-corrected chi connectivity index (χ0v) is 19.7. The van der Waals surface area contributed by atoms with Crippen LogP contribution in [0.4, 0.5) is 17.5 Å². The van der Waals surface area contributed by atoms with E-state index in [2.05, 4.69) is 55.3 Å². The van der Waals surface area contributed by atoms with E-state index in [0.29, 0.717) is 23.7 Å². The Labute approximate surface area is 192 Å². The fourth-order valence-electron chi connectivity index (χ4n) is 5.20. The molecule has 9 heteroatoms. The minimum Gasteiger partial charge on any atom is -0.394 e. The topological polar surface area (TPSA) is 81.6 Å². The Bertz CT molecular complexity index is 1030. The quantitative estimate of drug-likeness (QED) is 0.648. The summed E-state index contributed by atoms with van der Waals surface area (Å²) in [5.41, 5.74) is 1.87. The standard InChI is InChI=1S/C22H26BrN5O2S/c23-14-1-3-15(4-2-14)27-11-16-5-6-17(12-27)28(16)21-24-18-7-10-31(30)19(18)20(25-21)26-22(13-29)8-9-22/h1-4,16-17,29H,5-13H2,(H,24,25,26)/t16?,17?,31-/m1/s1. The lowest BCUT2D eigenvalue weighted by Crippen LogP contribution is -2.54. The van der Waals surface area contributed by atoms with Crippen LogP contribution in [0, 0.1) is 0 Å². The number of rotatable bonds is 5. The molecule has 0 spiro atoms. The normalized spacial score (nSPS) is 28.0. The number of anilines is 3. The molecule has 3 atom stereocenters. The molecule has 3 fully saturated rings. The molecule has 0 radical (unpaired) electrons. The van der Waals surface area contributed by atoms with Crippen molar-refractivity contribution >= 4 is 44.2 Å². The molecule has 4 aliphatic rings. The van der Waals surface area contributed by atoms with E-state index in [-0.39, 0.29) is 12.1 Å². The van der Waals surface area contributed by atoms with Crippen LogP contribution < -0.4 is 15.1 Å². The fourth-order valence-corrected chi connectivity index (χ4v) is 6.77. The predicted octanol–water partition coefficient (Wildman–Crippen LogP) is 2.70. The monoisotopic (exact) mass is 503 g/mol. The first-order valence-electron chi connectivity index (χ1n) is 11.0. The lowest BCUT2D eigenvalue weighted by molar-refractivity contribution is 0.265. The molecule has 2 unspecified atom stereocenters. The maximum absolute atomic E-state index is 12.6. The highest BCUT2D eigenvalue weighted by Crippen LogP contribution is 2.42. The van der Waals surface area contributed by atoms with E-state index in [4.69, 9.17) is 9.97 Å². The number of fused-ring (bicyclic) bond motifs is 3. The Kier molecular flexibility index (Phi) is 4.77. The molecule has 2 N–H and O–H groups in total. The van der Waals surface area contributed by atoms with Gasteiger partial charge >= 0.3 is 0 Å². The van der Waals surface area contributed by atoms with E-state index in [0.717, 1.165) is 66.2 Å². The molecule has 6 rings (SSSR count).